The molecule has 0 aromatic heterocycles. The lowest BCUT2D eigenvalue weighted by Crippen LogP contribution is -2.35. The zero-order valence-electron chi connectivity index (χ0n) is 14.4. The molecule has 1 atom stereocenters. The van der Waals surface area contributed by atoms with Crippen molar-refractivity contribution in [1.82, 2.24) is 0 Å². The molecular weight excluding hydrogens is 314 g/mol. The molecule has 5 heteroatoms. The minimum Gasteiger partial charge on any atom is -0.325 e. The molecule has 1 heterocycles. The van der Waals surface area contributed by atoms with E-state index in [0.717, 1.165) is 18.5 Å². The van der Waals surface area contributed by atoms with Crippen LogP contribution in [0.5, 0.6) is 0 Å². The van der Waals surface area contributed by atoms with Crippen molar-refractivity contribution in [3.8, 4) is 0 Å². The van der Waals surface area contributed by atoms with Crippen LogP contribution in [0.15, 0.2) is 48.5 Å². The number of para-hydroxylation sites is 1. The normalized spacial score (nSPS) is 14.1. The summed E-state index contributed by atoms with van der Waals surface area (Å²) in [7, 11) is 0. The molecule has 0 fully saturated rings. The fraction of sp³-hybridized carbons (Fsp3) is 0.300. The van der Waals surface area contributed by atoms with Crippen molar-refractivity contribution in [3.05, 3.63) is 59.7 Å². The van der Waals surface area contributed by atoms with E-state index in [4.69, 9.17) is 5.73 Å². The van der Waals surface area contributed by atoms with E-state index in [1.54, 1.807) is 29.2 Å². The number of rotatable bonds is 5. The molecule has 1 unspecified atom stereocenters. The summed E-state index contributed by atoms with van der Waals surface area (Å²) in [6, 6.07) is 14.4. The minimum atomic E-state index is -0.507. The van der Waals surface area contributed by atoms with Gasteiger partial charge >= 0.3 is 0 Å². The molecule has 1 aliphatic heterocycles. The maximum Gasteiger partial charge on any atom is 0.258 e. The number of amides is 2. The molecule has 2 amide bonds. The summed E-state index contributed by atoms with van der Waals surface area (Å²) in [5.41, 5.74) is 9.24. The highest BCUT2D eigenvalue weighted by Gasteiger charge is 2.25. The van der Waals surface area contributed by atoms with Crippen LogP contribution in [0.3, 0.4) is 0 Å². The number of carbonyl (C=O) groups is 2. The molecule has 0 saturated carbocycles. The molecule has 0 spiro atoms. The van der Waals surface area contributed by atoms with Gasteiger partial charge in [-0.1, -0.05) is 31.5 Å². The predicted molar refractivity (Wildman–Crippen MR) is 99.8 cm³/mol. The number of fused-ring (bicyclic) bond motifs is 1. The van der Waals surface area contributed by atoms with E-state index in [1.165, 1.54) is 5.56 Å². The number of hydrogen-bond donors (Lipinski definition) is 2. The van der Waals surface area contributed by atoms with Gasteiger partial charge in [-0.25, -0.2) is 0 Å². The Labute approximate surface area is 147 Å². The zero-order valence-corrected chi connectivity index (χ0v) is 14.4. The van der Waals surface area contributed by atoms with Crippen LogP contribution in [0, 0.1) is 0 Å². The average Bonchev–Trinajstić information content (AvgIpc) is 3.06. The summed E-state index contributed by atoms with van der Waals surface area (Å²) < 4.78 is 0. The number of nitrogens with one attached hydrogen (secondary N) is 1. The van der Waals surface area contributed by atoms with Crippen molar-refractivity contribution in [2.24, 2.45) is 5.73 Å². The smallest absolute Gasteiger partial charge is 0.258 e. The topological polar surface area (TPSA) is 75.4 Å². The quantitative estimate of drug-likeness (QED) is 0.881. The van der Waals surface area contributed by atoms with Gasteiger partial charge in [-0.2, -0.15) is 0 Å². The summed E-state index contributed by atoms with van der Waals surface area (Å²) in [4.78, 5) is 26.5. The van der Waals surface area contributed by atoms with Crippen molar-refractivity contribution in [1.29, 1.82) is 0 Å². The van der Waals surface area contributed by atoms with Gasteiger partial charge in [0.25, 0.3) is 5.91 Å². The zero-order chi connectivity index (χ0) is 17.8. The highest BCUT2D eigenvalue weighted by atomic mass is 16.2. The molecule has 0 radical (unpaired) electrons. The molecule has 0 bridgehead atoms. The van der Waals surface area contributed by atoms with Gasteiger partial charge < -0.3 is 16.0 Å². The largest absolute Gasteiger partial charge is 0.325 e. The molecule has 2 aromatic carbocycles. The monoisotopic (exact) mass is 337 g/mol. The molecule has 3 N–H and O–H groups in total. The first-order valence-corrected chi connectivity index (χ1v) is 8.66. The van der Waals surface area contributed by atoms with Crippen molar-refractivity contribution >= 4 is 23.2 Å². The third-order valence-corrected chi connectivity index (χ3v) is 4.47. The first-order chi connectivity index (χ1) is 12.1. The third kappa shape index (κ3) is 3.72. The number of benzene rings is 2. The fourth-order valence-electron chi connectivity index (χ4n) is 3.08. The van der Waals surface area contributed by atoms with Crippen LogP contribution >= 0.6 is 0 Å². The van der Waals surface area contributed by atoms with Gasteiger partial charge in [0, 0.05) is 23.5 Å². The Balaban J connectivity index is 1.69. The molecular formula is C20H23N3O2. The van der Waals surface area contributed by atoms with E-state index in [0.29, 0.717) is 24.2 Å². The van der Waals surface area contributed by atoms with Gasteiger partial charge in [0.05, 0.1) is 6.04 Å². The summed E-state index contributed by atoms with van der Waals surface area (Å²) in [5, 5.41) is 2.79. The van der Waals surface area contributed by atoms with Crippen molar-refractivity contribution in [2.75, 3.05) is 16.8 Å². The lowest BCUT2D eigenvalue weighted by Gasteiger charge is -2.17. The Hall–Kier alpha value is -2.66. The van der Waals surface area contributed by atoms with Gasteiger partial charge in [-0.05, 0) is 48.7 Å². The predicted octanol–water partition coefficient (Wildman–Crippen LogP) is 2.96. The van der Waals surface area contributed by atoms with Crippen LogP contribution in [0.2, 0.25) is 0 Å². The van der Waals surface area contributed by atoms with Crippen molar-refractivity contribution in [3.63, 3.8) is 0 Å². The number of nitrogens with two attached hydrogens (primary N) is 1. The Morgan fingerprint density at radius 2 is 1.88 bits per heavy atom. The Morgan fingerprint density at radius 1 is 1.16 bits per heavy atom. The summed E-state index contributed by atoms with van der Waals surface area (Å²) in [5.74, 6) is -0.222. The number of anilines is 2. The fourth-order valence-corrected chi connectivity index (χ4v) is 3.08. The minimum absolute atomic E-state index is 0.0227. The first-order valence-electron chi connectivity index (χ1n) is 8.66. The summed E-state index contributed by atoms with van der Waals surface area (Å²) in [6.45, 7) is 2.69. The van der Waals surface area contributed by atoms with E-state index >= 15 is 0 Å². The Morgan fingerprint density at radius 3 is 2.60 bits per heavy atom. The second-order valence-electron chi connectivity index (χ2n) is 6.30. The molecule has 5 nitrogen and oxygen atoms in total. The molecule has 0 saturated heterocycles. The highest BCUT2D eigenvalue weighted by molar-refractivity contribution is 6.07. The van der Waals surface area contributed by atoms with Crippen LogP contribution in [-0.2, 0) is 11.2 Å². The van der Waals surface area contributed by atoms with Crippen molar-refractivity contribution in [2.45, 2.75) is 32.2 Å². The number of nitrogens with zero attached hydrogens (tertiary/aromatic N) is 1. The van der Waals surface area contributed by atoms with Gasteiger partial charge in [-0.3, -0.25) is 9.59 Å². The van der Waals surface area contributed by atoms with Crippen LogP contribution in [0.1, 0.15) is 35.7 Å². The first kappa shape index (κ1) is 17.2. The molecule has 3 rings (SSSR count). The molecule has 130 valence electrons. The maximum atomic E-state index is 12.8. The van der Waals surface area contributed by atoms with Crippen LogP contribution < -0.4 is 16.0 Å². The average molecular weight is 337 g/mol. The lowest BCUT2D eigenvalue weighted by atomic mass is 10.1. The van der Waals surface area contributed by atoms with Crippen LogP contribution in [0.4, 0.5) is 11.4 Å². The molecule has 1 aliphatic rings. The summed E-state index contributed by atoms with van der Waals surface area (Å²) in [6.07, 6.45) is 2.39. The second-order valence-corrected chi connectivity index (χ2v) is 6.30. The van der Waals surface area contributed by atoms with Gasteiger partial charge in [0.2, 0.25) is 5.91 Å². The van der Waals surface area contributed by atoms with E-state index in [2.05, 4.69) is 11.4 Å². The highest BCUT2D eigenvalue weighted by Crippen LogP contribution is 2.29. The van der Waals surface area contributed by atoms with E-state index < -0.39 is 6.04 Å². The van der Waals surface area contributed by atoms with Gasteiger partial charge in [-0.15, -0.1) is 0 Å². The summed E-state index contributed by atoms with van der Waals surface area (Å²) >= 11 is 0. The Bertz CT molecular complexity index is 771. The molecule has 25 heavy (non-hydrogen) atoms. The van der Waals surface area contributed by atoms with E-state index in [1.807, 2.05) is 25.1 Å². The van der Waals surface area contributed by atoms with Crippen LogP contribution in [-0.4, -0.2) is 24.4 Å². The SMILES string of the molecule is CCCC(N)C(=O)Nc1ccc(C(=O)N2CCc3ccccc32)cc1. The Kier molecular flexibility index (Phi) is 5.14. The standard InChI is InChI=1S/C20H23N3O2/c1-2-5-17(21)19(24)22-16-10-8-15(9-11-16)20(25)23-13-12-14-6-3-4-7-18(14)23/h3-4,6-11,17H,2,5,12-13,21H2,1H3,(H,22,24). The maximum absolute atomic E-state index is 12.8. The molecule has 2 aromatic rings. The molecule has 0 aliphatic carbocycles. The van der Waals surface area contributed by atoms with Gasteiger partial charge in [0.1, 0.15) is 0 Å². The van der Waals surface area contributed by atoms with Crippen molar-refractivity contribution < 1.29 is 9.59 Å². The van der Waals surface area contributed by atoms with Gasteiger partial charge in [0.15, 0.2) is 0 Å². The third-order valence-electron chi connectivity index (χ3n) is 4.47. The van der Waals surface area contributed by atoms with Crippen LogP contribution in [0.25, 0.3) is 0 Å². The second kappa shape index (κ2) is 7.49. The number of hydrogen-bond acceptors (Lipinski definition) is 3. The number of carbonyl (C=O) groups excluding carboxylic acids is 2. The van der Waals surface area contributed by atoms with E-state index in [9.17, 15) is 9.59 Å². The van der Waals surface area contributed by atoms with E-state index in [-0.39, 0.29) is 11.8 Å². The lowest BCUT2D eigenvalue weighted by molar-refractivity contribution is -0.117.